The number of pyridine rings is 1. The van der Waals surface area contributed by atoms with Crippen molar-refractivity contribution in [1.29, 1.82) is 0 Å². The van der Waals surface area contributed by atoms with Gasteiger partial charge in [-0.2, -0.15) is 0 Å². The zero-order valence-electron chi connectivity index (χ0n) is 9.92. The summed E-state index contributed by atoms with van der Waals surface area (Å²) in [5, 5.41) is 9.13. The molecule has 2 heterocycles. The smallest absolute Gasteiger partial charge is 0.326 e. The van der Waals surface area contributed by atoms with Crippen molar-refractivity contribution in [2.75, 3.05) is 7.11 Å². The number of rotatable bonds is 4. The minimum Gasteiger partial charge on any atom is -0.480 e. The van der Waals surface area contributed by atoms with Gasteiger partial charge in [-0.25, -0.2) is 14.8 Å². The first-order valence-corrected chi connectivity index (χ1v) is 6.08. The molecule has 0 radical (unpaired) electrons. The summed E-state index contributed by atoms with van der Waals surface area (Å²) < 4.78 is 7.42. The van der Waals surface area contributed by atoms with Crippen molar-refractivity contribution in [2.24, 2.45) is 0 Å². The molecule has 0 amide bonds. The lowest BCUT2D eigenvalue weighted by Gasteiger charge is -2.12. The van der Waals surface area contributed by atoms with E-state index < -0.39 is 12.0 Å². The second-order valence-corrected chi connectivity index (χ2v) is 4.76. The summed E-state index contributed by atoms with van der Waals surface area (Å²) >= 11 is 3.31. The van der Waals surface area contributed by atoms with Gasteiger partial charge in [0.2, 0.25) is 0 Å². The van der Waals surface area contributed by atoms with Crippen LogP contribution < -0.4 is 0 Å². The van der Waals surface area contributed by atoms with Crippen molar-refractivity contribution in [3.8, 4) is 0 Å². The van der Waals surface area contributed by atoms with E-state index in [0.717, 1.165) is 4.47 Å². The molecule has 0 aromatic carbocycles. The molecule has 2 aromatic rings. The zero-order valence-corrected chi connectivity index (χ0v) is 11.5. The van der Waals surface area contributed by atoms with Crippen LogP contribution in [0.4, 0.5) is 0 Å². The topological polar surface area (TPSA) is 77.2 Å². The summed E-state index contributed by atoms with van der Waals surface area (Å²) in [6, 6.07) is 1.06. The van der Waals surface area contributed by atoms with Crippen molar-refractivity contribution in [3.05, 3.63) is 22.6 Å². The second-order valence-electron chi connectivity index (χ2n) is 3.84. The minimum absolute atomic E-state index is 0.242. The third-order valence-electron chi connectivity index (χ3n) is 2.59. The number of aromatic nitrogens is 3. The van der Waals surface area contributed by atoms with Crippen molar-refractivity contribution in [1.82, 2.24) is 14.5 Å². The number of imidazole rings is 1. The van der Waals surface area contributed by atoms with Gasteiger partial charge >= 0.3 is 5.97 Å². The monoisotopic (exact) mass is 313 g/mol. The van der Waals surface area contributed by atoms with Gasteiger partial charge in [0.1, 0.15) is 24.0 Å². The van der Waals surface area contributed by atoms with E-state index in [1.165, 1.54) is 0 Å². The maximum Gasteiger partial charge on any atom is 0.326 e. The summed E-state index contributed by atoms with van der Waals surface area (Å²) in [5.74, 6) is -0.385. The van der Waals surface area contributed by atoms with Gasteiger partial charge in [-0.05, 0) is 28.9 Å². The first kappa shape index (κ1) is 13.0. The van der Waals surface area contributed by atoms with Crippen LogP contribution in [0.5, 0.6) is 0 Å². The molecule has 18 heavy (non-hydrogen) atoms. The van der Waals surface area contributed by atoms with Crippen molar-refractivity contribution in [2.45, 2.75) is 19.6 Å². The molecule has 96 valence electrons. The first-order valence-electron chi connectivity index (χ1n) is 5.28. The third kappa shape index (κ3) is 2.23. The molecule has 7 heteroatoms. The standard InChI is InChI=1S/C11H12BrN3O3/c1-6(11(16)17)15-9(5-18-2)14-8-3-7(12)4-13-10(8)15/h3-4,6H,5H2,1-2H3,(H,16,17). The summed E-state index contributed by atoms with van der Waals surface area (Å²) in [6.07, 6.45) is 1.62. The van der Waals surface area contributed by atoms with E-state index in [4.69, 9.17) is 9.84 Å². The van der Waals surface area contributed by atoms with Crippen LogP contribution in [0.3, 0.4) is 0 Å². The Bertz CT molecular complexity index is 596. The van der Waals surface area contributed by atoms with Crippen LogP contribution in [-0.2, 0) is 16.1 Å². The average Bonchev–Trinajstić information content (AvgIpc) is 2.65. The summed E-state index contributed by atoms with van der Waals surface area (Å²) in [5.41, 5.74) is 1.18. The molecule has 0 fully saturated rings. The zero-order chi connectivity index (χ0) is 13.3. The third-order valence-corrected chi connectivity index (χ3v) is 3.02. The van der Waals surface area contributed by atoms with Gasteiger partial charge in [0.05, 0.1) is 0 Å². The maximum atomic E-state index is 11.1. The molecule has 1 atom stereocenters. The predicted molar refractivity (Wildman–Crippen MR) is 68.3 cm³/mol. The van der Waals surface area contributed by atoms with Crippen molar-refractivity contribution in [3.63, 3.8) is 0 Å². The number of carboxylic acids is 1. The van der Waals surface area contributed by atoms with Crippen LogP contribution in [0.25, 0.3) is 11.2 Å². The highest BCUT2D eigenvalue weighted by Gasteiger charge is 2.21. The van der Waals surface area contributed by atoms with Gasteiger partial charge < -0.3 is 9.84 Å². The molecule has 0 aliphatic heterocycles. The van der Waals surface area contributed by atoms with Gasteiger partial charge in [0, 0.05) is 17.8 Å². The largest absolute Gasteiger partial charge is 0.480 e. The number of methoxy groups -OCH3 is 1. The van der Waals surface area contributed by atoms with Crippen LogP contribution in [0, 0.1) is 0 Å². The molecule has 0 saturated carbocycles. The molecule has 2 rings (SSSR count). The molecular formula is C11H12BrN3O3. The van der Waals surface area contributed by atoms with E-state index in [-0.39, 0.29) is 6.61 Å². The van der Waals surface area contributed by atoms with Crippen LogP contribution in [0.1, 0.15) is 18.8 Å². The molecule has 0 aliphatic rings. The Labute approximate surface area is 112 Å². The Morgan fingerprint density at radius 2 is 2.39 bits per heavy atom. The van der Waals surface area contributed by atoms with Crippen molar-refractivity contribution < 1.29 is 14.6 Å². The minimum atomic E-state index is -0.934. The maximum absolute atomic E-state index is 11.1. The lowest BCUT2D eigenvalue weighted by atomic mass is 10.3. The molecule has 1 N–H and O–H groups in total. The van der Waals surface area contributed by atoms with Crippen LogP contribution in [-0.4, -0.2) is 32.7 Å². The number of ether oxygens (including phenoxy) is 1. The van der Waals surface area contributed by atoms with Gasteiger partial charge in [-0.3, -0.25) is 4.57 Å². The van der Waals surface area contributed by atoms with E-state index in [1.807, 2.05) is 0 Å². The van der Waals surface area contributed by atoms with Gasteiger partial charge in [0.25, 0.3) is 0 Å². The van der Waals surface area contributed by atoms with Crippen molar-refractivity contribution >= 4 is 33.1 Å². The molecule has 1 unspecified atom stereocenters. The predicted octanol–water partition coefficient (Wildman–Crippen LogP) is 1.99. The molecule has 0 spiro atoms. The number of carbonyl (C=O) groups is 1. The lowest BCUT2D eigenvalue weighted by Crippen LogP contribution is -2.18. The Hall–Kier alpha value is -1.47. The van der Waals surface area contributed by atoms with E-state index in [9.17, 15) is 4.79 Å². The highest BCUT2D eigenvalue weighted by molar-refractivity contribution is 9.10. The Morgan fingerprint density at radius 3 is 3.00 bits per heavy atom. The highest BCUT2D eigenvalue weighted by atomic mass is 79.9. The molecular weight excluding hydrogens is 302 g/mol. The van der Waals surface area contributed by atoms with E-state index in [0.29, 0.717) is 17.0 Å². The van der Waals surface area contributed by atoms with Crippen LogP contribution in [0.15, 0.2) is 16.7 Å². The Kier molecular flexibility index (Phi) is 3.63. The Balaban J connectivity index is 2.66. The first-order chi connectivity index (χ1) is 8.54. The average molecular weight is 314 g/mol. The van der Waals surface area contributed by atoms with Crippen LogP contribution >= 0.6 is 15.9 Å². The van der Waals surface area contributed by atoms with E-state index in [2.05, 4.69) is 25.9 Å². The number of halogens is 1. The van der Waals surface area contributed by atoms with E-state index >= 15 is 0 Å². The number of carboxylic acid groups (broad SMARTS) is 1. The number of fused-ring (bicyclic) bond motifs is 1. The lowest BCUT2D eigenvalue weighted by molar-refractivity contribution is -0.140. The second kappa shape index (κ2) is 5.03. The fraction of sp³-hybridized carbons (Fsp3) is 0.364. The highest BCUT2D eigenvalue weighted by Crippen LogP contribution is 2.22. The Morgan fingerprint density at radius 1 is 1.67 bits per heavy atom. The summed E-state index contributed by atoms with van der Waals surface area (Å²) in [6.45, 7) is 1.83. The SMILES string of the molecule is COCc1nc2cc(Br)cnc2n1C(C)C(=O)O. The van der Waals surface area contributed by atoms with Gasteiger partial charge in [-0.1, -0.05) is 0 Å². The number of hydrogen-bond donors (Lipinski definition) is 1. The quantitative estimate of drug-likeness (QED) is 0.934. The molecule has 6 nitrogen and oxygen atoms in total. The number of nitrogens with zero attached hydrogens (tertiary/aromatic N) is 3. The summed E-state index contributed by atoms with van der Waals surface area (Å²) in [4.78, 5) is 19.7. The van der Waals surface area contributed by atoms with Crippen LogP contribution in [0.2, 0.25) is 0 Å². The van der Waals surface area contributed by atoms with E-state index in [1.54, 1.807) is 30.9 Å². The van der Waals surface area contributed by atoms with Gasteiger partial charge in [0.15, 0.2) is 5.65 Å². The summed E-state index contributed by atoms with van der Waals surface area (Å²) in [7, 11) is 1.54. The number of hydrogen-bond acceptors (Lipinski definition) is 4. The molecule has 0 bridgehead atoms. The number of aliphatic carboxylic acids is 1. The molecule has 0 saturated heterocycles. The normalized spacial score (nSPS) is 12.8. The molecule has 0 aliphatic carbocycles. The molecule has 2 aromatic heterocycles. The van der Waals surface area contributed by atoms with Gasteiger partial charge in [-0.15, -0.1) is 0 Å². The fourth-order valence-corrected chi connectivity index (χ4v) is 2.07. The fourth-order valence-electron chi connectivity index (χ4n) is 1.75.